The number of nitrogens with one attached hydrogen (secondary N) is 1. The second-order valence-electron chi connectivity index (χ2n) is 5.70. The van der Waals surface area contributed by atoms with Crippen molar-refractivity contribution >= 4 is 29.0 Å². The molecule has 0 fully saturated rings. The summed E-state index contributed by atoms with van der Waals surface area (Å²) in [5.41, 5.74) is 4.58. The van der Waals surface area contributed by atoms with Crippen molar-refractivity contribution in [2.45, 2.75) is 26.3 Å². The van der Waals surface area contributed by atoms with Crippen LogP contribution in [0, 0.1) is 0 Å². The summed E-state index contributed by atoms with van der Waals surface area (Å²) in [5, 5.41) is 0.479. The van der Waals surface area contributed by atoms with E-state index >= 15 is 0 Å². The van der Waals surface area contributed by atoms with Gasteiger partial charge in [-0.1, -0.05) is 31.0 Å². The molecule has 3 N–H and O–H groups in total. The van der Waals surface area contributed by atoms with Crippen molar-refractivity contribution in [2.75, 3.05) is 24.3 Å². The summed E-state index contributed by atoms with van der Waals surface area (Å²) in [6.07, 6.45) is 1.56. The third-order valence-electron chi connectivity index (χ3n) is 3.82. The molecule has 1 heterocycles. The normalized spacial score (nSPS) is 10.6. The van der Waals surface area contributed by atoms with Crippen LogP contribution in [0.25, 0.3) is 0 Å². The number of nitrogen functional groups attached to an aromatic ring is 1. The van der Waals surface area contributed by atoms with Crippen LogP contribution in [0.15, 0.2) is 33.9 Å². The van der Waals surface area contributed by atoms with E-state index in [4.69, 9.17) is 22.1 Å². The lowest BCUT2D eigenvalue weighted by Gasteiger charge is -2.20. The molecular weight excluding hydrogens is 360 g/mol. The zero-order valence-corrected chi connectivity index (χ0v) is 15.4. The number of hydrogen-bond acceptors (Lipinski definition) is 5. The third-order valence-corrected chi connectivity index (χ3v) is 4.05. The SMILES string of the molecule is CCCCn1c(N)c(N(C)C(=O)COc2cccc(Cl)c2)c(=O)[nH]c1=O. The number of anilines is 2. The molecule has 0 aliphatic heterocycles. The minimum atomic E-state index is -0.723. The molecule has 0 unspecified atom stereocenters. The molecule has 8 nitrogen and oxygen atoms in total. The largest absolute Gasteiger partial charge is 0.484 e. The molecule has 1 amide bonds. The van der Waals surface area contributed by atoms with Gasteiger partial charge >= 0.3 is 5.69 Å². The number of benzene rings is 1. The average Bonchev–Trinajstić information content (AvgIpc) is 2.59. The molecular formula is C17H21ClN4O4. The van der Waals surface area contributed by atoms with Crippen molar-refractivity contribution in [3.05, 3.63) is 50.1 Å². The number of ether oxygens (including phenoxy) is 1. The van der Waals surface area contributed by atoms with E-state index in [0.717, 1.165) is 11.3 Å². The number of rotatable bonds is 7. The molecule has 2 aromatic rings. The Hall–Kier alpha value is -2.74. The van der Waals surface area contributed by atoms with Crippen LogP contribution >= 0.6 is 11.6 Å². The zero-order chi connectivity index (χ0) is 19.3. The van der Waals surface area contributed by atoms with Gasteiger partial charge in [-0.25, -0.2) is 4.79 Å². The van der Waals surface area contributed by atoms with Crippen molar-refractivity contribution in [3.8, 4) is 5.75 Å². The maximum absolute atomic E-state index is 12.4. The number of hydrogen-bond donors (Lipinski definition) is 2. The number of nitrogens with two attached hydrogens (primary N) is 1. The maximum Gasteiger partial charge on any atom is 0.330 e. The first-order valence-corrected chi connectivity index (χ1v) is 8.50. The van der Waals surface area contributed by atoms with E-state index in [0.29, 0.717) is 23.7 Å². The van der Waals surface area contributed by atoms with Crippen molar-refractivity contribution in [1.29, 1.82) is 0 Å². The Morgan fingerprint density at radius 2 is 2.12 bits per heavy atom. The molecule has 0 saturated heterocycles. The van der Waals surface area contributed by atoms with Crippen molar-refractivity contribution < 1.29 is 9.53 Å². The monoisotopic (exact) mass is 380 g/mol. The number of aromatic amines is 1. The van der Waals surface area contributed by atoms with Gasteiger partial charge in [-0.15, -0.1) is 0 Å². The lowest BCUT2D eigenvalue weighted by Crippen LogP contribution is -2.40. The Labute approximate surface area is 155 Å². The molecule has 1 aromatic carbocycles. The highest BCUT2D eigenvalue weighted by Crippen LogP contribution is 2.18. The number of likely N-dealkylation sites (N-methyl/N-ethyl adjacent to an activating group) is 1. The Morgan fingerprint density at radius 3 is 2.77 bits per heavy atom. The van der Waals surface area contributed by atoms with Gasteiger partial charge < -0.3 is 15.4 Å². The minimum Gasteiger partial charge on any atom is -0.484 e. The van der Waals surface area contributed by atoms with Gasteiger partial charge in [-0.3, -0.25) is 19.1 Å². The summed E-state index contributed by atoms with van der Waals surface area (Å²) < 4.78 is 6.64. The third kappa shape index (κ3) is 4.45. The van der Waals surface area contributed by atoms with Gasteiger partial charge in [-0.2, -0.15) is 0 Å². The first kappa shape index (κ1) is 19.6. The fourth-order valence-electron chi connectivity index (χ4n) is 2.36. The number of H-pyrrole nitrogens is 1. The molecule has 0 atom stereocenters. The van der Waals surface area contributed by atoms with Gasteiger partial charge in [0, 0.05) is 18.6 Å². The van der Waals surface area contributed by atoms with E-state index in [1.54, 1.807) is 24.3 Å². The highest BCUT2D eigenvalue weighted by Gasteiger charge is 2.21. The smallest absolute Gasteiger partial charge is 0.330 e. The van der Waals surface area contributed by atoms with E-state index < -0.39 is 17.2 Å². The van der Waals surface area contributed by atoms with Crippen LogP contribution in [0.3, 0.4) is 0 Å². The summed E-state index contributed by atoms with van der Waals surface area (Å²) >= 11 is 5.86. The summed E-state index contributed by atoms with van der Waals surface area (Å²) in [7, 11) is 1.40. The van der Waals surface area contributed by atoms with Gasteiger partial charge in [0.1, 0.15) is 11.6 Å². The second kappa shape index (κ2) is 8.57. The maximum atomic E-state index is 12.4. The topological polar surface area (TPSA) is 110 Å². The number of aromatic nitrogens is 2. The molecule has 2 rings (SSSR count). The highest BCUT2D eigenvalue weighted by molar-refractivity contribution is 6.30. The van der Waals surface area contributed by atoms with Crippen molar-refractivity contribution in [1.82, 2.24) is 9.55 Å². The summed E-state index contributed by atoms with van der Waals surface area (Å²) in [4.78, 5) is 39.8. The first-order chi connectivity index (χ1) is 12.3. The average molecular weight is 381 g/mol. The predicted molar refractivity (Wildman–Crippen MR) is 101 cm³/mol. The van der Waals surface area contributed by atoms with Crippen LogP contribution in [-0.4, -0.2) is 29.1 Å². The summed E-state index contributed by atoms with van der Waals surface area (Å²) in [5.74, 6) is -0.122. The Bertz CT molecular complexity index is 906. The van der Waals surface area contributed by atoms with E-state index in [9.17, 15) is 14.4 Å². The molecule has 0 saturated carbocycles. The molecule has 0 aliphatic rings. The first-order valence-electron chi connectivity index (χ1n) is 8.12. The summed E-state index contributed by atoms with van der Waals surface area (Å²) in [6.45, 7) is 2.01. The number of nitrogens with zero attached hydrogens (tertiary/aromatic N) is 2. The van der Waals surface area contributed by atoms with Crippen LogP contribution in [0.4, 0.5) is 11.5 Å². The lowest BCUT2D eigenvalue weighted by atomic mass is 10.3. The fourth-order valence-corrected chi connectivity index (χ4v) is 2.54. The van der Waals surface area contributed by atoms with Gasteiger partial charge in [0.2, 0.25) is 0 Å². The summed E-state index contributed by atoms with van der Waals surface area (Å²) in [6, 6.07) is 6.60. The standard InChI is InChI=1S/C17H21ClN4O4/c1-3-4-8-22-15(19)14(16(24)20-17(22)25)21(2)13(23)10-26-12-7-5-6-11(18)9-12/h5-7,9H,3-4,8,10,19H2,1-2H3,(H,20,24,25). The number of unbranched alkanes of at least 4 members (excludes halogenated alkanes) is 1. The molecule has 9 heteroatoms. The molecule has 0 radical (unpaired) electrons. The zero-order valence-electron chi connectivity index (χ0n) is 14.6. The van der Waals surface area contributed by atoms with Crippen LogP contribution in [0.1, 0.15) is 19.8 Å². The van der Waals surface area contributed by atoms with Crippen LogP contribution in [0.5, 0.6) is 5.75 Å². The predicted octanol–water partition coefficient (Wildman–Crippen LogP) is 1.61. The van der Waals surface area contributed by atoms with E-state index in [1.165, 1.54) is 11.6 Å². The van der Waals surface area contributed by atoms with Crippen molar-refractivity contribution in [3.63, 3.8) is 0 Å². The van der Waals surface area contributed by atoms with Crippen LogP contribution < -0.4 is 26.6 Å². The Morgan fingerprint density at radius 1 is 1.38 bits per heavy atom. The highest BCUT2D eigenvalue weighted by atomic mass is 35.5. The van der Waals surface area contributed by atoms with Crippen LogP contribution in [-0.2, 0) is 11.3 Å². The number of carbonyl (C=O) groups excluding carboxylic acids is 1. The van der Waals surface area contributed by atoms with E-state index in [1.807, 2.05) is 6.92 Å². The second-order valence-corrected chi connectivity index (χ2v) is 6.13. The minimum absolute atomic E-state index is 0.0502. The number of amides is 1. The lowest BCUT2D eigenvalue weighted by molar-refractivity contribution is -0.120. The molecule has 1 aromatic heterocycles. The van der Waals surface area contributed by atoms with Gasteiger partial charge in [0.05, 0.1) is 0 Å². The van der Waals surface area contributed by atoms with Gasteiger partial charge in [0.15, 0.2) is 12.3 Å². The quantitative estimate of drug-likeness (QED) is 0.758. The molecule has 0 aliphatic carbocycles. The molecule has 26 heavy (non-hydrogen) atoms. The van der Waals surface area contributed by atoms with E-state index in [2.05, 4.69) is 4.98 Å². The Kier molecular flexibility index (Phi) is 6.46. The Balaban J connectivity index is 2.22. The number of halogens is 1. The van der Waals surface area contributed by atoms with E-state index in [-0.39, 0.29) is 18.1 Å². The molecule has 140 valence electrons. The van der Waals surface area contributed by atoms with Crippen molar-refractivity contribution in [2.24, 2.45) is 0 Å². The van der Waals surface area contributed by atoms with Crippen LogP contribution in [0.2, 0.25) is 5.02 Å². The molecule has 0 spiro atoms. The van der Waals surface area contributed by atoms with Gasteiger partial charge in [0.25, 0.3) is 11.5 Å². The fraction of sp³-hybridized carbons (Fsp3) is 0.353. The number of carbonyl (C=O) groups is 1. The van der Waals surface area contributed by atoms with Gasteiger partial charge in [-0.05, 0) is 24.6 Å². The molecule has 0 bridgehead atoms.